The number of hydrogen-bond donors (Lipinski definition) is 3. The number of carboxylic acid groups (broad SMARTS) is 2. The molecule has 10 nitrogen and oxygen atoms in total. The Kier molecular flexibility index (Phi) is 6.04. The van der Waals surface area contributed by atoms with Crippen LogP contribution in [0.2, 0.25) is 0 Å². The van der Waals surface area contributed by atoms with E-state index in [4.69, 9.17) is 15.0 Å². The van der Waals surface area contributed by atoms with Crippen molar-refractivity contribution in [2.45, 2.75) is 12.7 Å². The van der Waals surface area contributed by atoms with Crippen LogP contribution < -0.4 is 5.32 Å². The van der Waals surface area contributed by atoms with Crippen molar-refractivity contribution in [3.63, 3.8) is 0 Å². The highest BCUT2D eigenvalue weighted by Crippen LogP contribution is 2.14. The molecule has 0 unspecified atom stereocenters. The van der Waals surface area contributed by atoms with Crippen LogP contribution in [0.5, 0.6) is 0 Å². The van der Waals surface area contributed by atoms with E-state index in [0.717, 1.165) is 10.9 Å². The fourth-order valence-electron chi connectivity index (χ4n) is 2.57. The number of carboxylic acids is 2. The summed E-state index contributed by atoms with van der Waals surface area (Å²) in [6.07, 6.45) is 0.234. The number of nitrogens with zero attached hydrogens (tertiary/aromatic N) is 5. The van der Waals surface area contributed by atoms with Gasteiger partial charge in [0, 0.05) is 36.6 Å². The van der Waals surface area contributed by atoms with Gasteiger partial charge in [0.05, 0.1) is 12.1 Å². The lowest BCUT2D eigenvalue weighted by Gasteiger charge is -2.09. The highest BCUT2D eigenvalue weighted by Gasteiger charge is 2.38. The number of anilines is 1. The minimum atomic E-state index is -5.08. The molecule has 0 atom stereocenters. The number of carbonyl (C=O) groups is 2. The Morgan fingerprint density at radius 2 is 1.87 bits per heavy atom. The van der Waals surface area contributed by atoms with Gasteiger partial charge < -0.3 is 15.5 Å². The number of halogens is 3. The van der Waals surface area contributed by atoms with Crippen molar-refractivity contribution in [3.05, 3.63) is 54.6 Å². The molecule has 1 aromatic carbocycles. The third-order valence-electron chi connectivity index (χ3n) is 3.94. The molecule has 13 heteroatoms. The van der Waals surface area contributed by atoms with E-state index < -0.39 is 18.1 Å². The average molecular weight is 436 g/mol. The van der Waals surface area contributed by atoms with Crippen LogP contribution in [0.4, 0.5) is 19.1 Å². The number of aromatic carboxylic acids is 1. The van der Waals surface area contributed by atoms with E-state index >= 15 is 0 Å². The summed E-state index contributed by atoms with van der Waals surface area (Å²) in [6, 6.07) is 9.35. The summed E-state index contributed by atoms with van der Waals surface area (Å²) in [5.41, 5.74) is 1.44. The van der Waals surface area contributed by atoms with E-state index in [1.807, 2.05) is 35.1 Å². The molecule has 0 saturated carbocycles. The molecule has 0 spiro atoms. The van der Waals surface area contributed by atoms with Crippen LogP contribution >= 0.6 is 0 Å². The number of rotatable bonds is 5. The zero-order chi connectivity index (χ0) is 22.6. The largest absolute Gasteiger partial charge is 0.490 e. The number of aliphatic carboxylic acids is 1. The van der Waals surface area contributed by atoms with Gasteiger partial charge in [-0.3, -0.25) is 9.08 Å². The van der Waals surface area contributed by atoms with E-state index in [-0.39, 0.29) is 5.69 Å². The summed E-state index contributed by atoms with van der Waals surface area (Å²) in [5.74, 6) is -3.39. The summed E-state index contributed by atoms with van der Waals surface area (Å²) in [5, 5.41) is 25.0. The predicted octanol–water partition coefficient (Wildman–Crippen LogP) is 2.52. The predicted molar refractivity (Wildman–Crippen MR) is 102 cm³/mol. The zero-order valence-corrected chi connectivity index (χ0v) is 15.6. The standard InChI is InChI=1S/C16H14N6O2.C2HF3O2/c23-15(24)13-9-14-17-6-8-22(14)16(19-13)18-5-7-21-10-11-3-1-2-4-12(11)20-21;3-2(4,5)1(6)7/h1-4,6,8-10H,5,7H2,(H,18,19)(H,23,24);(H,6,7). The molecule has 0 aliphatic carbocycles. The molecule has 4 rings (SSSR count). The number of imidazole rings is 1. The summed E-state index contributed by atoms with van der Waals surface area (Å²) < 4.78 is 35.3. The SMILES string of the molecule is O=C(O)C(F)(F)F.O=C(O)c1cc2nccn2c(NCCn2cc3ccccc3n2)n1. The Labute approximate surface area is 171 Å². The first-order valence-corrected chi connectivity index (χ1v) is 8.69. The number of nitrogens with one attached hydrogen (secondary N) is 1. The van der Waals surface area contributed by atoms with Crippen molar-refractivity contribution in [3.8, 4) is 0 Å². The second-order valence-corrected chi connectivity index (χ2v) is 6.11. The maximum atomic E-state index is 11.2. The lowest BCUT2D eigenvalue weighted by molar-refractivity contribution is -0.192. The van der Waals surface area contributed by atoms with Crippen molar-refractivity contribution >= 4 is 34.4 Å². The molecule has 3 heterocycles. The second kappa shape index (κ2) is 8.69. The molecule has 4 aromatic rings. The number of alkyl halides is 3. The number of fused-ring (bicyclic) bond motifs is 2. The van der Waals surface area contributed by atoms with Crippen LogP contribution in [0.1, 0.15) is 10.5 Å². The summed E-state index contributed by atoms with van der Waals surface area (Å²) in [4.78, 5) is 28.3. The monoisotopic (exact) mass is 436 g/mol. The van der Waals surface area contributed by atoms with Gasteiger partial charge in [0.2, 0.25) is 5.95 Å². The number of benzene rings is 1. The first-order valence-electron chi connectivity index (χ1n) is 8.69. The quantitative estimate of drug-likeness (QED) is 0.434. The van der Waals surface area contributed by atoms with Crippen LogP contribution in [-0.2, 0) is 11.3 Å². The molecule has 0 amide bonds. The van der Waals surface area contributed by atoms with Gasteiger partial charge >= 0.3 is 18.1 Å². The van der Waals surface area contributed by atoms with Gasteiger partial charge in [-0.15, -0.1) is 0 Å². The molecule has 3 aromatic heterocycles. The lowest BCUT2D eigenvalue weighted by atomic mass is 10.3. The molecule has 0 aliphatic rings. The van der Waals surface area contributed by atoms with Gasteiger partial charge in [0.25, 0.3) is 0 Å². The Morgan fingerprint density at radius 3 is 2.52 bits per heavy atom. The van der Waals surface area contributed by atoms with Crippen molar-refractivity contribution in [2.24, 2.45) is 0 Å². The maximum Gasteiger partial charge on any atom is 0.490 e. The molecule has 0 radical (unpaired) electrons. The van der Waals surface area contributed by atoms with E-state index in [0.29, 0.717) is 24.7 Å². The van der Waals surface area contributed by atoms with E-state index in [2.05, 4.69) is 20.4 Å². The van der Waals surface area contributed by atoms with E-state index in [1.165, 1.54) is 6.07 Å². The highest BCUT2D eigenvalue weighted by molar-refractivity contribution is 5.87. The van der Waals surface area contributed by atoms with Gasteiger partial charge in [0.15, 0.2) is 5.69 Å². The zero-order valence-electron chi connectivity index (χ0n) is 15.6. The third-order valence-corrected chi connectivity index (χ3v) is 3.94. The molecule has 0 aliphatic heterocycles. The summed E-state index contributed by atoms with van der Waals surface area (Å²) in [6.45, 7) is 1.18. The number of hydrogen-bond acceptors (Lipinski definition) is 6. The van der Waals surface area contributed by atoms with Gasteiger partial charge in [-0.05, 0) is 6.07 Å². The smallest absolute Gasteiger partial charge is 0.477 e. The number of aromatic nitrogens is 5. The van der Waals surface area contributed by atoms with Crippen LogP contribution in [0.25, 0.3) is 16.6 Å². The van der Waals surface area contributed by atoms with Gasteiger partial charge in [0.1, 0.15) is 5.65 Å². The fraction of sp³-hybridized carbons (Fsp3) is 0.167. The molecule has 0 saturated heterocycles. The summed E-state index contributed by atoms with van der Waals surface area (Å²) >= 11 is 0. The topological polar surface area (TPSA) is 135 Å². The molecule has 162 valence electrons. The third kappa shape index (κ3) is 5.26. The van der Waals surface area contributed by atoms with Gasteiger partial charge in [-0.1, -0.05) is 18.2 Å². The van der Waals surface area contributed by atoms with Gasteiger partial charge in [-0.25, -0.2) is 19.6 Å². The molecular weight excluding hydrogens is 421 g/mol. The minimum Gasteiger partial charge on any atom is -0.477 e. The van der Waals surface area contributed by atoms with Crippen molar-refractivity contribution in [2.75, 3.05) is 11.9 Å². The van der Waals surface area contributed by atoms with Crippen molar-refractivity contribution in [1.82, 2.24) is 24.1 Å². The molecule has 3 N–H and O–H groups in total. The van der Waals surface area contributed by atoms with Crippen LogP contribution in [0, 0.1) is 0 Å². The van der Waals surface area contributed by atoms with Crippen LogP contribution in [-0.4, -0.2) is 59.0 Å². The molecule has 0 bridgehead atoms. The Hall–Kier alpha value is -4.16. The Bertz CT molecular complexity index is 1200. The van der Waals surface area contributed by atoms with E-state index in [1.54, 1.807) is 16.8 Å². The van der Waals surface area contributed by atoms with Crippen LogP contribution in [0.15, 0.2) is 48.9 Å². The molecule has 0 fully saturated rings. The molecule has 31 heavy (non-hydrogen) atoms. The maximum absolute atomic E-state index is 11.2. The lowest BCUT2D eigenvalue weighted by Crippen LogP contribution is -2.21. The van der Waals surface area contributed by atoms with Crippen molar-refractivity contribution < 1.29 is 33.0 Å². The normalized spacial score (nSPS) is 11.2. The summed E-state index contributed by atoms with van der Waals surface area (Å²) in [7, 11) is 0. The van der Waals surface area contributed by atoms with E-state index in [9.17, 15) is 18.0 Å². The Balaban J connectivity index is 0.000000339. The first-order chi connectivity index (χ1) is 14.6. The fourth-order valence-corrected chi connectivity index (χ4v) is 2.57. The minimum absolute atomic E-state index is 0.0407. The Morgan fingerprint density at radius 1 is 1.16 bits per heavy atom. The second-order valence-electron chi connectivity index (χ2n) is 6.11. The average Bonchev–Trinajstić information content (AvgIpc) is 3.33. The highest BCUT2D eigenvalue weighted by atomic mass is 19.4. The molecular formula is C18H15F3N6O4. The van der Waals surface area contributed by atoms with Crippen molar-refractivity contribution in [1.29, 1.82) is 0 Å². The van der Waals surface area contributed by atoms with Gasteiger partial charge in [-0.2, -0.15) is 18.3 Å². The first kappa shape index (κ1) is 21.5. The van der Waals surface area contributed by atoms with Crippen LogP contribution in [0.3, 0.4) is 0 Å².